The van der Waals surface area contributed by atoms with Crippen molar-refractivity contribution in [2.24, 2.45) is 0 Å². The lowest BCUT2D eigenvalue weighted by Crippen LogP contribution is -2.43. The Morgan fingerprint density at radius 1 is 0.952 bits per heavy atom. The van der Waals surface area contributed by atoms with Gasteiger partial charge in [-0.3, -0.25) is 0 Å². The molecule has 1 N–H and O–H groups in total. The topological polar surface area (TPSA) is 23.5 Å². The zero-order valence-electron chi connectivity index (χ0n) is 12.8. The summed E-state index contributed by atoms with van der Waals surface area (Å²) >= 11 is 0. The highest BCUT2D eigenvalue weighted by atomic mass is 16.3. The number of hydrogen-bond donors (Lipinski definition) is 1. The molecular formula is C19H23NO. The van der Waals surface area contributed by atoms with Crippen LogP contribution in [0.2, 0.25) is 0 Å². The van der Waals surface area contributed by atoms with E-state index in [1.807, 2.05) is 6.07 Å². The highest BCUT2D eigenvalue weighted by Gasteiger charge is 2.35. The van der Waals surface area contributed by atoms with E-state index in [0.717, 1.165) is 31.5 Å². The number of anilines is 1. The van der Waals surface area contributed by atoms with Crippen molar-refractivity contribution < 1.29 is 5.11 Å². The van der Waals surface area contributed by atoms with Crippen LogP contribution in [0.15, 0.2) is 48.5 Å². The zero-order valence-corrected chi connectivity index (χ0v) is 12.8. The maximum atomic E-state index is 11.1. The molecule has 0 unspecified atom stereocenters. The summed E-state index contributed by atoms with van der Waals surface area (Å²) in [4.78, 5) is 2.36. The van der Waals surface area contributed by atoms with Gasteiger partial charge in [0.25, 0.3) is 0 Å². The van der Waals surface area contributed by atoms with Crippen LogP contribution in [0.3, 0.4) is 0 Å². The van der Waals surface area contributed by atoms with E-state index in [0.29, 0.717) is 0 Å². The van der Waals surface area contributed by atoms with Gasteiger partial charge in [-0.2, -0.15) is 0 Å². The average molecular weight is 281 g/mol. The molecule has 0 aromatic heterocycles. The van der Waals surface area contributed by atoms with Crippen molar-refractivity contribution in [3.63, 3.8) is 0 Å². The normalized spacial score (nSPS) is 17.8. The molecule has 0 bridgehead atoms. The van der Waals surface area contributed by atoms with Crippen molar-refractivity contribution in [3.05, 3.63) is 65.2 Å². The number of piperidine rings is 1. The fourth-order valence-corrected chi connectivity index (χ4v) is 3.38. The van der Waals surface area contributed by atoms with Gasteiger partial charge in [0, 0.05) is 18.8 Å². The Balaban J connectivity index is 1.78. The van der Waals surface area contributed by atoms with Crippen LogP contribution in [0.25, 0.3) is 0 Å². The lowest BCUT2D eigenvalue weighted by atomic mass is 9.81. The molecule has 0 radical (unpaired) electrons. The lowest BCUT2D eigenvalue weighted by molar-refractivity contribution is 0.0112. The Morgan fingerprint density at radius 3 is 2.24 bits per heavy atom. The van der Waals surface area contributed by atoms with E-state index < -0.39 is 5.60 Å². The van der Waals surface area contributed by atoms with Gasteiger partial charge in [0.15, 0.2) is 0 Å². The third-order valence-electron chi connectivity index (χ3n) is 4.60. The molecule has 1 heterocycles. The summed E-state index contributed by atoms with van der Waals surface area (Å²) in [6.07, 6.45) is 1.57. The van der Waals surface area contributed by atoms with Crippen molar-refractivity contribution >= 4 is 5.69 Å². The monoisotopic (exact) mass is 281 g/mol. The van der Waals surface area contributed by atoms with Gasteiger partial charge < -0.3 is 10.0 Å². The standard InChI is InChI=1S/C19H23NO/c1-15-8-9-18(16(2)14-15)19(21)10-12-20(13-11-19)17-6-4-3-5-7-17/h3-9,14,21H,10-13H2,1-2H3. The fourth-order valence-electron chi connectivity index (χ4n) is 3.38. The minimum atomic E-state index is -0.678. The molecule has 21 heavy (non-hydrogen) atoms. The Bertz CT molecular complexity index is 613. The molecule has 0 saturated carbocycles. The second kappa shape index (κ2) is 5.53. The minimum Gasteiger partial charge on any atom is -0.385 e. The predicted octanol–water partition coefficient (Wildman–Crippen LogP) is 3.79. The Labute approximate surface area is 127 Å². The number of para-hydroxylation sites is 1. The van der Waals surface area contributed by atoms with Gasteiger partial charge in [0.2, 0.25) is 0 Å². The molecule has 0 amide bonds. The third kappa shape index (κ3) is 2.81. The van der Waals surface area contributed by atoms with Gasteiger partial charge in [-0.1, -0.05) is 42.0 Å². The van der Waals surface area contributed by atoms with Crippen LogP contribution in [-0.2, 0) is 5.60 Å². The van der Waals surface area contributed by atoms with E-state index in [1.165, 1.54) is 16.8 Å². The molecule has 1 fully saturated rings. The van der Waals surface area contributed by atoms with Crippen LogP contribution in [-0.4, -0.2) is 18.2 Å². The molecule has 1 aliphatic heterocycles. The van der Waals surface area contributed by atoms with Gasteiger partial charge in [-0.25, -0.2) is 0 Å². The number of benzene rings is 2. The number of hydrogen-bond acceptors (Lipinski definition) is 2. The summed E-state index contributed by atoms with van der Waals surface area (Å²) in [5.41, 5.74) is 4.12. The van der Waals surface area contributed by atoms with Crippen molar-refractivity contribution in [1.29, 1.82) is 0 Å². The highest BCUT2D eigenvalue weighted by Crippen LogP contribution is 2.36. The smallest absolute Gasteiger partial charge is 0.0932 e. The first kappa shape index (κ1) is 14.2. The summed E-state index contributed by atoms with van der Waals surface area (Å²) in [7, 11) is 0. The minimum absolute atomic E-state index is 0.678. The molecule has 1 saturated heterocycles. The Kier molecular flexibility index (Phi) is 3.73. The summed E-state index contributed by atoms with van der Waals surface area (Å²) in [6.45, 7) is 5.99. The van der Waals surface area contributed by atoms with E-state index in [4.69, 9.17) is 0 Å². The number of rotatable bonds is 2. The molecule has 2 nitrogen and oxygen atoms in total. The van der Waals surface area contributed by atoms with Crippen molar-refractivity contribution in [2.75, 3.05) is 18.0 Å². The summed E-state index contributed by atoms with van der Waals surface area (Å²) in [5, 5.41) is 11.1. The maximum Gasteiger partial charge on any atom is 0.0932 e. The summed E-state index contributed by atoms with van der Waals surface area (Å²) < 4.78 is 0. The van der Waals surface area contributed by atoms with Crippen molar-refractivity contribution in [2.45, 2.75) is 32.3 Å². The maximum absolute atomic E-state index is 11.1. The zero-order chi connectivity index (χ0) is 14.9. The van der Waals surface area contributed by atoms with E-state index >= 15 is 0 Å². The first-order chi connectivity index (χ1) is 10.1. The van der Waals surface area contributed by atoms with Crippen LogP contribution in [0.4, 0.5) is 5.69 Å². The highest BCUT2D eigenvalue weighted by molar-refractivity contribution is 5.47. The summed E-state index contributed by atoms with van der Waals surface area (Å²) in [5.74, 6) is 0. The van der Waals surface area contributed by atoms with E-state index in [9.17, 15) is 5.11 Å². The lowest BCUT2D eigenvalue weighted by Gasteiger charge is -2.40. The molecule has 0 spiro atoms. The molecule has 2 heteroatoms. The molecule has 110 valence electrons. The van der Waals surface area contributed by atoms with Crippen LogP contribution in [0, 0.1) is 13.8 Å². The van der Waals surface area contributed by atoms with Gasteiger partial charge in [0.1, 0.15) is 0 Å². The molecular weight excluding hydrogens is 258 g/mol. The van der Waals surface area contributed by atoms with Gasteiger partial charge in [0.05, 0.1) is 5.60 Å². The van der Waals surface area contributed by atoms with Crippen molar-refractivity contribution in [1.82, 2.24) is 0 Å². The van der Waals surface area contributed by atoms with Gasteiger partial charge in [-0.15, -0.1) is 0 Å². The Hall–Kier alpha value is -1.80. The van der Waals surface area contributed by atoms with E-state index in [-0.39, 0.29) is 0 Å². The number of nitrogens with zero attached hydrogens (tertiary/aromatic N) is 1. The van der Waals surface area contributed by atoms with E-state index in [1.54, 1.807) is 0 Å². The second-order valence-corrected chi connectivity index (χ2v) is 6.17. The van der Waals surface area contributed by atoms with Gasteiger partial charge >= 0.3 is 0 Å². The van der Waals surface area contributed by atoms with Crippen molar-refractivity contribution in [3.8, 4) is 0 Å². The van der Waals surface area contributed by atoms with Gasteiger partial charge in [-0.05, 0) is 49.9 Å². The molecule has 2 aromatic carbocycles. The first-order valence-electron chi connectivity index (χ1n) is 7.69. The molecule has 3 rings (SSSR count). The quantitative estimate of drug-likeness (QED) is 0.905. The first-order valence-corrected chi connectivity index (χ1v) is 7.69. The predicted molar refractivity (Wildman–Crippen MR) is 87.7 cm³/mol. The fraction of sp³-hybridized carbons (Fsp3) is 0.368. The van der Waals surface area contributed by atoms with Crippen LogP contribution in [0.5, 0.6) is 0 Å². The molecule has 1 aliphatic rings. The third-order valence-corrected chi connectivity index (χ3v) is 4.60. The SMILES string of the molecule is Cc1ccc(C2(O)CCN(c3ccccc3)CC2)c(C)c1. The molecule has 0 aliphatic carbocycles. The summed E-state index contributed by atoms with van der Waals surface area (Å²) in [6, 6.07) is 16.8. The number of aryl methyl sites for hydroxylation is 2. The molecule has 2 aromatic rings. The van der Waals surface area contributed by atoms with Crippen LogP contribution < -0.4 is 4.90 Å². The number of aliphatic hydroxyl groups is 1. The average Bonchev–Trinajstić information content (AvgIpc) is 2.48. The Morgan fingerprint density at radius 2 is 1.62 bits per heavy atom. The largest absolute Gasteiger partial charge is 0.385 e. The second-order valence-electron chi connectivity index (χ2n) is 6.17. The van der Waals surface area contributed by atoms with E-state index in [2.05, 4.69) is 61.2 Å². The van der Waals surface area contributed by atoms with Crippen LogP contribution >= 0.6 is 0 Å². The molecule has 0 atom stereocenters. The van der Waals surface area contributed by atoms with Crippen LogP contribution in [0.1, 0.15) is 29.5 Å².